The second-order valence-electron chi connectivity index (χ2n) is 3.90. The number of anilines is 1. The Hall–Kier alpha value is -1.55. The normalized spacial score (nSPS) is 12.5. The quantitative estimate of drug-likeness (QED) is 0.909. The van der Waals surface area contributed by atoms with E-state index in [-0.39, 0.29) is 11.9 Å². The molecule has 0 fully saturated rings. The zero-order valence-corrected chi connectivity index (χ0v) is 10.4. The first-order valence-corrected chi connectivity index (χ1v) is 5.64. The molecular weight excluding hydrogens is 241 g/mol. The highest BCUT2D eigenvalue weighted by atomic mass is 35.5. The Bertz CT molecular complexity index is 504. The molecular formula is C12H13ClFN3. The van der Waals surface area contributed by atoms with E-state index in [1.807, 2.05) is 20.0 Å². The molecule has 1 aromatic heterocycles. The van der Waals surface area contributed by atoms with Crippen LogP contribution in [-0.2, 0) is 7.05 Å². The van der Waals surface area contributed by atoms with Crippen molar-refractivity contribution >= 4 is 17.3 Å². The second kappa shape index (κ2) is 4.75. The van der Waals surface area contributed by atoms with Gasteiger partial charge in [-0.15, -0.1) is 0 Å². The SMILES string of the molecule is CC(Nc1cc(F)cc(Cl)c1)c1ccnn1C. The van der Waals surface area contributed by atoms with Gasteiger partial charge in [0, 0.05) is 24.0 Å². The van der Waals surface area contributed by atoms with Crippen molar-refractivity contribution in [2.75, 3.05) is 5.32 Å². The predicted molar refractivity (Wildman–Crippen MR) is 66.7 cm³/mol. The molecule has 0 amide bonds. The molecule has 3 nitrogen and oxygen atoms in total. The van der Waals surface area contributed by atoms with Crippen molar-refractivity contribution in [2.24, 2.45) is 7.05 Å². The Morgan fingerprint density at radius 2 is 2.18 bits per heavy atom. The molecule has 1 N–H and O–H groups in total. The maximum Gasteiger partial charge on any atom is 0.126 e. The van der Waals surface area contributed by atoms with Crippen LogP contribution in [0.25, 0.3) is 0 Å². The molecule has 17 heavy (non-hydrogen) atoms. The summed E-state index contributed by atoms with van der Waals surface area (Å²) in [4.78, 5) is 0. The van der Waals surface area contributed by atoms with Crippen LogP contribution in [0.5, 0.6) is 0 Å². The van der Waals surface area contributed by atoms with Crippen molar-refractivity contribution in [3.8, 4) is 0 Å². The van der Waals surface area contributed by atoms with Crippen LogP contribution in [0, 0.1) is 5.82 Å². The lowest BCUT2D eigenvalue weighted by Crippen LogP contribution is -2.11. The molecule has 0 saturated carbocycles. The molecule has 2 aromatic rings. The van der Waals surface area contributed by atoms with Crippen molar-refractivity contribution in [1.29, 1.82) is 0 Å². The molecule has 0 bridgehead atoms. The molecule has 2 rings (SSSR count). The molecule has 0 radical (unpaired) electrons. The fourth-order valence-electron chi connectivity index (χ4n) is 1.77. The van der Waals surface area contributed by atoms with E-state index in [0.29, 0.717) is 10.7 Å². The van der Waals surface area contributed by atoms with Crippen molar-refractivity contribution in [2.45, 2.75) is 13.0 Å². The van der Waals surface area contributed by atoms with E-state index >= 15 is 0 Å². The van der Waals surface area contributed by atoms with Gasteiger partial charge in [0.25, 0.3) is 0 Å². The smallest absolute Gasteiger partial charge is 0.126 e. The zero-order valence-electron chi connectivity index (χ0n) is 9.61. The van der Waals surface area contributed by atoms with E-state index in [1.165, 1.54) is 12.1 Å². The zero-order chi connectivity index (χ0) is 12.4. The van der Waals surface area contributed by atoms with Crippen LogP contribution in [0.4, 0.5) is 10.1 Å². The fourth-order valence-corrected chi connectivity index (χ4v) is 1.99. The van der Waals surface area contributed by atoms with Gasteiger partial charge < -0.3 is 5.32 Å². The van der Waals surface area contributed by atoms with Gasteiger partial charge in [0.15, 0.2) is 0 Å². The Morgan fingerprint density at radius 1 is 1.41 bits per heavy atom. The molecule has 0 aliphatic heterocycles. The van der Waals surface area contributed by atoms with Crippen molar-refractivity contribution in [3.05, 3.63) is 47.0 Å². The lowest BCUT2D eigenvalue weighted by atomic mass is 10.2. The van der Waals surface area contributed by atoms with E-state index in [0.717, 1.165) is 5.69 Å². The third-order valence-corrected chi connectivity index (χ3v) is 2.77. The number of nitrogens with zero attached hydrogens (tertiary/aromatic N) is 2. The van der Waals surface area contributed by atoms with Gasteiger partial charge in [-0.1, -0.05) is 11.6 Å². The van der Waals surface area contributed by atoms with Gasteiger partial charge in [-0.2, -0.15) is 5.10 Å². The first kappa shape index (κ1) is 11.9. The maximum absolute atomic E-state index is 13.2. The van der Waals surface area contributed by atoms with Gasteiger partial charge in [0.1, 0.15) is 5.82 Å². The summed E-state index contributed by atoms with van der Waals surface area (Å²) in [6.07, 6.45) is 1.73. The average molecular weight is 254 g/mol. The summed E-state index contributed by atoms with van der Waals surface area (Å²) >= 11 is 5.79. The van der Waals surface area contributed by atoms with Crippen LogP contribution in [0.1, 0.15) is 18.7 Å². The van der Waals surface area contributed by atoms with E-state index in [1.54, 1.807) is 16.9 Å². The minimum Gasteiger partial charge on any atom is -0.377 e. The van der Waals surface area contributed by atoms with Crippen LogP contribution in [-0.4, -0.2) is 9.78 Å². The van der Waals surface area contributed by atoms with Crippen LogP contribution < -0.4 is 5.32 Å². The molecule has 0 spiro atoms. The van der Waals surface area contributed by atoms with Gasteiger partial charge >= 0.3 is 0 Å². The second-order valence-corrected chi connectivity index (χ2v) is 4.34. The monoisotopic (exact) mass is 253 g/mol. The molecule has 90 valence electrons. The average Bonchev–Trinajstić information content (AvgIpc) is 2.62. The Labute approximate surface area is 104 Å². The number of rotatable bonds is 3. The molecule has 0 aliphatic carbocycles. The van der Waals surface area contributed by atoms with Gasteiger partial charge in [-0.3, -0.25) is 4.68 Å². The van der Waals surface area contributed by atoms with Crippen molar-refractivity contribution in [1.82, 2.24) is 9.78 Å². The largest absolute Gasteiger partial charge is 0.377 e. The number of halogens is 2. The third kappa shape index (κ3) is 2.77. The summed E-state index contributed by atoms with van der Waals surface area (Å²) in [6, 6.07) is 6.33. The molecule has 1 atom stereocenters. The first-order chi connectivity index (χ1) is 8.06. The number of benzene rings is 1. The topological polar surface area (TPSA) is 29.9 Å². The number of nitrogens with one attached hydrogen (secondary N) is 1. The van der Waals surface area contributed by atoms with E-state index < -0.39 is 0 Å². The van der Waals surface area contributed by atoms with Gasteiger partial charge in [0.2, 0.25) is 0 Å². The standard InChI is InChI=1S/C12H13ClFN3/c1-8(12-3-4-15-17(12)2)16-11-6-9(13)5-10(14)7-11/h3-8,16H,1-2H3. The van der Waals surface area contributed by atoms with E-state index in [4.69, 9.17) is 11.6 Å². The van der Waals surface area contributed by atoms with Gasteiger partial charge in [0.05, 0.1) is 11.7 Å². The Balaban J connectivity index is 2.18. The van der Waals surface area contributed by atoms with E-state index in [9.17, 15) is 4.39 Å². The summed E-state index contributed by atoms with van der Waals surface area (Å²) < 4.78 is 14.9. The summed E-state index contributed by atoms with van der Waals surface area (Å²) in [5.74, 6) is -0.350. The lowest BCUT2D eigenvalue weighted by Gasteiger charge is -2.15. The number of aryl methyl sites for hydroxylation is 1. The molecule has 0 saturated heterocycles. The molecule has 1 heterocycles. The van der Waals surface area contributed by atoms with Gasteiger partial charge in [-0.25, -0.2) is 4.39 Å². The van der Waals surface area contributed by atoms with Crippen molar-refractivity contribution < 1.29 is 4.39 Å². The number of hydrogen-bond acceptors (Lipinski definition) is 2. The predicted octanol–water partition coefficient (Wildman–Crippen LogP) is 3.39. The molecule has 1 unspecified atom stereocenters. The minimum atomic E-state index is -0.350. The maximum atomic E-state index is 13.2. The molecule has 1 aromatic carbocycles. The Morgan fingerprint density at radius 3 is 2.76 bits per heavy atom. The van der Waals surface area contributed by atoms with Crippen LogP contribution in [0.2, 0.25) is 5.02 Å². The number of hydrogen-bond donors (Lipinski definition) is 1. The highest BCUT2D eigenvalue weighted by Gasteiger charge is 2.09. The summed E-state index contributed by atoms with van der Waals surface area (Å²) in [7, 11) is 1.87. The highest BCUT2D eigenvalue weighted by Crippen LogP contribution is 2.22. The Kier molecular flexibility index (Phi) is 3.33. The summed E-state index contributed by atoms with van der Waals surface area (Å²) in [6.45, 7) is 1.98. The highest BCUT2D eigenvalue weighted by molar-refractivity contribution is 6.30. The fraction of sp³-hybridized carbons (Fsp3) is 0.250. The van der Waals surface area contributed by atoms with Gasteiger partial charge in [-0.05, 0) is 31.2 Å². The first-order valence-electron chi connectivity index (χ1n) is 5.27. The van der Waals surface area contributed by atoms with E-state index in [2.05, 4.69) is 10.4 Å². The summed E-state index contributed by atoms with van der Waals surface area (Å²) in [5, 5.41) is 7.65. The van der Waals surface area contributed by atoms with Crippen LogP contribution in [0.15, 0.2) is 30.5 Å². The van der Waals surface area contributed by atoms with Crippen molar-refractivity contribution in [3.63, 3.8) is 0 Å². The van der Waals surface area contributed by atoms with Crippen LogP contribution in [0.3, 0.4) is 0 Å². The minimum absolute atomic E-state index is 0.0281. The molecule has 0 aliphatic rings. The van der Waals surface area contributed by atoms with Crippen LogP contribution >= 0.6 is 11.6 Å². The number of aromatic nitrogens is 2. The summed E-state index contributed by atoms with van der Waals surface area (Å²) in [5.41, 5.74) is 1.68. The third-order valence-electron chi connectivity index (χ3n) is 2.55. The lowest BCUT2D eigenvalue weighted by molar-refractivity contribution is 0.627. The molecule has 5 heteroatoms.